The Morgan fingerprint density at radius 3 is 2.47 bits per heavy atom. The molecule has 5 aromatic rings. The van der Waals surface area contributed by atoms with Crippen LogP contribution in [0.15, 0.2) is 80.3 Å². The average Bonchev–Trinajstić information content (AvgIpc) is 3.54. The van der Waals surface area contributed by atoms with Gasteiger partial charge in [0.2, 0.25) is 5.90 Å². The third kappa shape index (κ3) is 4.72. The molecule has 0 aliphatic carbocycles. The number of cyclic esters (lactones) is 1. The smallest absolute Gasteiger partial charge is 0.363 e. The molecule has 0 saturated heterocycles. The lowest BCUT2D eigenvalue weighted by atomic mass is 10.1. The van der Waals surface area contributed by atoms with Crippen molar-refractivity contribution in [2.75, 3.05) is 0 Å². The lowest BCUT2D eigenvalue weighted by molar-refractivity contribution is -0.129. The molecule has 0 saturated carbocycles. The first-order valence-electron chi connectivity index (χ1n) is 10.9. The number of benzene rings is 3. The summed E-state index contributed by atoms with van der Waals surface area (Å²) in [5.41, 5.74) is 0.498. The van der Waals surface area contributed by atoms with Gasteiger partial charge in [0.1, 0.15) is 15.5 Å². The molecule has 0 fully saturated rings. The van der Waals surface area contributed by atoms with Crippen molar-refractivity contribution in [3.63, 3.8) is 0 Å². The Balaban J connectivity index is 1.35. The highest BCUT2D eigenvalue weighted by Gasteiger charge is 2.29. The summed E-state index contributed by atoms with van der Waals surface area (Å²) in [6.45, 7) is 0. The van der Waals surface area contributed by atoms with E-state index in [2.05, 4.69) is 36.9 Å². The van der Waals surface area contributed by atoms with Gasteiger partial charge in [-0.1, -0.05) is 79.3 Å². The molecule has 0 atom stereocenters. The highest BCUT2D eigenvalue weighted by atomic mass is 79.9. The van der Waals surface area contributed by atoms with Crippen LogP contribution in [0.3, 0.4) is 0 Å². The van der Waals surface area contributed by atoms with Crippen molar-refractivity contribution in [1.29, 1.82) is 0 Å². The van der Waals surface area contributed by atoms with Crippen LogP contribution in [0, 0.1) is 0 Å². The van der Waals surface area contributed by atoms with Crippen molar-refractivity contribution in [2.24, 2.45) is 4.99 Å². The third-order valence-corrected chi connectivity index (χ3v) is 9.88. The molecule has 2 aromatic heterocycles. The van der Waals surface area contributed by atoms with Crippen LogP contribution in [0.25, 0.3) is 26.2 Å². The summed E-state index contributed by atoms with van der Waals surface area (Å²) in [5, 5.41) is 2.43. The van der Waals surface area contributed by atoms with E-state index in [-0.39, 0.29) is 17.3 Å². The number of aliphatic imine (C=N–C) groups is 1. The van der Waals surface area contributed by atoms with Crippen LogP contribution in [0.5, 0.6) is 5.75 Å². The van der Waals surface area contributed by atoms with Gasteiger partial charge in [-0.15, -0.1) is 22.7 Å². The van der Waals surface area contributed by atoms with E-state index in [1.165, 1.54) is 28.7 Å². The Hall–Kier alpha value is -2.53. The predicted octanol–water partition coefficient (Wildman–Crippen LogP) is 9.51. The monoisotopic (exact) mass is 705 g/mol. The highest BCUT2D eigenvalue weighted by molar-refractivity contribution is 9.10. The average molecular weight is 708 g/mol. The van der Waals surface area contributed by atoms with Gasteiger partial charge in [-0.05, 0) is 42.5 Å². The lowest BCUT2D eigenvalue weighted by Gasteiger charge is -2.08. The second-order valence-electron chi connectivity index (χ2n) is 8.03. The van der Waals surface area contributed by atoms with Gasteiger partial charge >= 0.3 is 11.9 Å². The first-order chi connectivity index (χ1) is 18.3. The number of rotatable bonds is 4. The van der Waals surface area contributed by atoms with Crippen molar-refractivity contribution in [3.8, 4) is 5.75 Å². The van der Waals surface area contributed by atoms with Gasteiger partial charge in [-0.25, -0.2) is 14.6 Å². The molecule has 0 bridgehead atoms. The van der Waals surface area contributed by atoms with E-state index in [0.29, 0.717) is 25.4 Å². The fourth-order valence-corrected chi connectivity index (χ4v) is 7.60. The van der Waals surface area contributed by atoms with Crippen molar-refractivity contribution >= 4 is 122 Å². The quantitative estimate of drug-likeness (QED) is 0.106. The molecule has 0 amide bonds. The van der Waals surface area contributed by atoms with E-state index in [1.54, 1.807) is 18.2 Å². The van der Waals surface area contributed by atoms with Crippen LogP contribution in [0.2, 0.25) is 10.0 Å². The second-order valence-corrected chi connectivity index (χ2v) is 12.7. The molecule has 11 heteroatoms. The van der Waals surface area contributed by atoms with Crippen LogP contribution in [0.4, 0.5) is 0 Å². The van der Waals surface area contributed by atoms with Crippen LogP contribution < -0.4 is 4.74 Å². The van der Waals surface area contributed by atoms with Crippen LogP contribution in [0.1, 0.15) is 20.1 Å². The van der Waals surface area contributed by atoms with Crippen LogP contribution >= 0.6 is 77.7 Å². The first kappa shape index (κ1) is 25.7. The highest BCUT2D eigenvalue weighted by Crippen LogP contribution is 2.39. The molecule has 0 radical (unpaired) electrons. The summed E-state index contributed by atoms with van der Waals surface area (Å²) >= 11 is 22.6. The minimum atomic E-state index is -0.639. The minimum Gasteiger partial charge on any atom is -0.422 e. The number of esters is 2. The third-order valence-electron chi connectivity index (χ3n) is 5.59. The van der Waals surface area contributed by atoms with Gasteiger partial charge in [-0.2, -0.15) is 0 Å². The summed E-state index contributed by atoms with van der Waals surface area (Å²) in [4.78, 5) is 31.1. The topological polar surface area (TPSA) is 65.0 Å². The van der Waals surface area contributed by atoms with Crippen molar-refractivity contribution < 1.29 is 19.1 Å². The zero-order valence-corrected chi connectivity index (χ0v) is 25.1. The number of carbonyl (C=O) groups excluding carboxylic acids is 2. The largest absolute Gasteiger partial charge is 0.422 e. The maximum Gasteiger partial charge on any atom is 0.363 e. The van der Waals surface area contributed by atoms with E-state index < -0.39 is 11.9 Å². The molecule has 1 aliphatic heterocycles. The van der Waals surface area contributed by atoms with Gasteiger partial charge < -0.3 is 9.47 Å². The SMILES string of the molecule is O=C1OC(c2sc3cc(Br)ccc3c2Cl)=N/C1=C/c1cc(Br)ccc1OC(=O)c1sc2ccccc2c1Cl. The van der Waals surface area contributed by atoms with Gasteiger partial charge in [0.15, 0.2) is 5.70 Å². The zero-order chi connectivity index (χ0) is 26.6. The fraction of sp³-hybridized carbons (Fsp3) is 0. The Kier molecular flexibility index (Phi) is 6.92. The number of hydrogen-bond acceptors (Lipinski definition) is 7. The zero-order valence-electron chi connectivity index (χ0n) is 18.8. The Labute approximate surface area is 250 Å². The van der Waals surface area contributed by atoms with Crippen LogP contribution in [-0.4, -0.2) is 17.8 Å². The summed E-state index contributed by atoms with van der Waals surface area (Å²) in [6, 6.07) is 18.3. The van der Waals surface area contributed by atoms with Gasteiger partial charge in [0.05, 0.1) is 10.0 Å². The number of hydrogen-bond donors (Lipinski definition) is 0. The normalized spacial score (nSPS) is 14.4. The standard InChI is InChI=1S/C27H11Br2Cl2NO4S2/c28-13-6-8-18(35-27(34)24-22(31)15-3-1-2-4-19(15)37-24)12(9-13)10-17-26(33)36-25(32-17)23-21(30)16-7-5-14(29)11-20(16)38-23/h1-11H/b17-10+. The lowest BCUT2D eigenvalue weighted by Crippen LogP contribution is -2.08. The number of halogens is 4. The molecule has 3 heterocycles. The molecule has 0 unspecified atom stereocenters. The molecule has 1 aliphatic rings. The summed E-state index contributed by atoms with van der Waals surface area (Å²) < 4.78 is 14.6. The van der Waals surface area contributed by atoms with E-state index in [9.17, 15) is 9.59 Å². The Morgan fingerprint density at radius 1 is 0.921 bits per heavy atom. The molecule has 188 valence electrons. The summed E-state index contributed by atoms with van der Waals surface area (Å²) in [5.74, 6) is -0.881. The first-order valence-corrected chi connectivity index (χ1v) is 14.9. The van der Waals surface area contributed by atoms with E-state index in [0.717, 1.165) is 29.1 Å². The van der Waals surface area contributed by atoms with Gasteiger partial charge in [-0.3, -0.25) is 0 Å². The van der Waals surface area contributed by atoms with E-state index in [1.807, 2.05) is 42.5 Å². The Morgan fingerprint density at radius 2 is 1.66 bits per heavy atom. The number of carbonyl (C=O) groups is 2. The van der Waals surface area contributed by atoms with Gasteiger partial charge in [0.25, 0.3) is 0 Å². The molecular formula is C27H11Br2Cl2NO4S2. The van der Waals surface area contributed by atoms with E-state index in [4.69, 9.17) is 32.7 Å². The summed E-state index contributed by atoms with van der Waals surface area (Å²) in [6.07, 6.45) is 1.51. The fourth-order valence-electron chi connectivity index (χ4n) is 3.85. The summed E-state index contributed by atoms with van der Waals surface area (Å²) in [7, 11) is 0. The maximum atomic E-state index is 13.1. The van der Waals surface area contributed by atoms with Gasteiger partial charge in [0, 0.05) is 34.7 Å². The van der Waals surface area contributed by atoms with Crippen molar-refractivity contribution in [2.45, 2.75) is 0 Å². The van der Waals surface area contributed by atoms with Crippen molar-refractivity contribution in [3.05, 3.63) is 101 Å². The van der Waals surface area contributed by atoms with Crippen molar-refractivity contribution in [1.82, 2.24) is 0 Å². The molecule has 3 aromatic carbocycles. The molecule has 38 heavy (non-hydrogen) atoms. The predicted molar refractivity (Wildman–Crippen MR) is 161 cm³/mol. The molecule has 0 spiro atoms. The molecule has 0 N–H and O–H groups in total. The molecule has 6 rings (SSSR count). The minimum absolute atomic E-state index is 0.0463. The number of ether oxygens (including phenoxy) is 2. The number of nitrogens with zero attached hydrogens (tertiary/aromatic N) is 1. The number of thiophene rings is 2. The molecular weight excluding hydrogens is 697 g/mol. The maximum absolute atomic E-state index is 13.1. The second kappa shape index (κ2) is 10.2. The van der Waals surface area contributed by atoms with Crippen LogP contribution in [-0.2, 0) is 9.53 Å². The van der Waals surface area contributed by atoms with E-state index >= 15 is 0 Å². The molecule has 5 nitrogen and oxygen atoms in total. The number of fused-ring (bicyclic) bond motifs is 2. The Bertz CT molecular complexity index is 1880.